The first kappa shape index (κ1) is 10.2. The highest BCUT2D eigenvalue weighted by atomic mass is 79.9. The van der Waals surface area contributed by atoms with E-state index in [1.165, 1.54) is 12.8 Å². The first-order chi connectivity index (χ1) is 7.77. The second kappa shape index (κ2) is 3.82. The third-order valence-electron chi connectivity index (χ3n) is 2.60. The number of benzene rings is 1. The van der Waals surface area contributed by atoms with Crippen LogP contribution in [0, 0.1) is 0 Å². The molecule has 0 bridgehead atoms. The molecule has 1 aliphatic rings. The molecule has 0 radical (unpaired) electrons. The van der Waals surface area contributed by atoms with Crippen LogP contribution in [0.4, 0.5) is 0 Å². The van der Waals surface area contributed by atoms with Crippen molar-refractivity contribution in [2.24, 2.45) is 0 Å². The van der Waals surface area contributed by atoms with Crippen molar-refractivity contribution >= 4 is 27.5 Å². The minimum Gasteiger partial charge on any atom is -0.196 e. The molecule has 3 rings (SSSR count). The van der Waals surface area contributed by atoms with Crippen LogP contribution >= 0.6 is 27.5 Å². The van der Waals surface area contributed by atoms with Crippen LogP contribution in [0.3, 0.4) is 0 Å². The molecule has 1 heterocycles. The molecule has 1 aromatic heterocycles. The average molecular weight is 300 g/mol. The summed E-state index contributed by atoms with van der Waals surface area (Å²) in [5.41, 5.74) is 0.888. The van der Waals surface area contributed by atoms with Crippen molar-refractivity contribution in [3.05, 3.63) is 33.5 Å². The quantitative estimate of drug-likeness (QED) is 0.856. The largest absolute Gasteiger partial charge is 0.196 e. The highest BCUT2D eigenvalue weighted by Crippen LogP contribution is 2.40. The maximum atomic E-state index is 6.05. The predicted molar refractivity (Wildman–Crippen MR) is 63.8 cm³/mol. The molecule has 6 heteroatoms. The topological polar surface area (TPSA) is 43.6 Å². The molecule has 0 spiro atoms. The van der Waals surface area contributed by atoms with Crippen LogP contribution in [-0.4, -0.2) is 20.2 Å². The molecule has 0 amide bonds. The van der Waals surface area contributed by atoms with Gasteiger partial charge in [0.15, 0.2) is 5.82 Å². The van der Waals surface area contributed by atoms with E-state index in [9.17, 15) is 0 Å². The van der Waals surface area contributed by atoms with Gasteiger partial charge in [0.2, 0.25) is 0 Å². The Labute approximate surface area is 106 Å². The third-order valence-corrected chi connectivity index (χ3v) is 3.97. The summed E-state index contributed by atoms with van der Waals surface area (Å²) in [6, 6.07) is 5.66. The normalized spacial score (nSPS) is 15.4. The molecule has 0 saturated heterocycles. The van der Waals surface area contributed by atoms with E-state index in [1.54, 1.807) is 4.68 Å². The van der Waals surface area contributed by atoms with Crippen molar-refractivity contribution < 1.29 is 0 Å². The summed E-state index contributed by atoms with van der Waals surface area (Å²) in [6.07, 6.45) is 2.33. The first-order valence-electron chi connectivity index (χ1n) is 5.00. The molecular weight excluding hydrogens is 291 g/mol. The number of aromatic nitrogens is 4. The molecule has 0 aliphatic heterocycles. The van der Waals surface area contributed by atoms with Gasteiger partial charge in [-0.25, -0.2) is 0 Å². The Hall–Kier alpha value is -0.940. The zero-order chi connectivity index (χ0) is 11.1. The van der Waals surface area contributed by atoms with E-state index in [1.807, 2.05) is 18.2 Å². The van der Waals surface area contributed by atoms with Crippen molar-refractivity contribution in [3.63, 3.8) is 0 Å². The lowest BCUT2D eigenvalue weighted by molar-refractivity contribution is 0.761. The number of tetrazole rings is 1. The van der Waals surface area contributed by atoms with Gasteiger partial charge in [0.25, 0.3) is 0 Å². The zero-order valence-electron chi connectivity index (χ0n) is 8.27. The maximum absolute atomic E-state index is 6.05. The number of halogens is 2. The molecule has 4 nitrogen and oxygen atoms in total. The lowest BCUT2D eigenvalue weighted by Crippen LogP contribution is -2.03. The van der Waals surface area contributed by atoms with E-state index >= 15 is 0 Å². The average Bonchev–Trinajstić information content (AvgIpc) is 3.01. The van der Waals surface area contributed by atoms with Gasteiger partial charge in [-0.2, -0.15) is 4.68 Å². The highest BCUT2D eigenvalue weighted by molar-refractivity contribution is 9.10. The van der Waals surface area contributed by atoms with Gasteiger partial charge in [-0.15, -0.1) is 5.10 Å². The Balaban J connectivity index is 2.14. The van der Waals surface area contributed by atoms with Gasteiger partial charge in [0, 0.05) is 5.92 Å². The fraction of sp³-hybridized carbons (Fsp3) is 0.300. The third kappa shape index (κ3) is 1.64. The second-order valence-corrected chi connectivity index (χ2v) is 5.00. The minimum atomic E-state index is 0.501. The van der Waals surface area contributed by atoms with Crippen molar-refractivity contribution in [2.45, 2.75) is 18.8 Å². The van der Waals surface area contributed by atoms with Gasteiger partial charge < -0.3 is 0 Å². The number of rotatable bonds is 2. The molecule has 16 heavy (non-hydrogen) atoms. The first-order valence-corrected chi connectivity index (χ1v) is 6.17. The molecule has 2 aromatic rings. The Kier molecular flexibility index (Phi) is 2.44. The predicted octanol–water partition coefficient (Wildman–Crippen LogP) is 2.96. The fourth-order valence-electron chi connectivity index (χ4n) is 1.62. The van der Waals surface area contributed by atoms with Gasteiger partial charge in [-0.3, -0.25) is 0 Å². The minimum absolute atomic E-state index is 0.501. The molecule has 0 unspecified atom stereocenters. The summed E-state index contributed by atoms with van der Waals surface area (Å²) < 4.78 is 2.58. The lowest BCUT2D eigenvalue weighted by Gasteiger charge is -2.06. The van der Waals surface area contributed by atoms with E-state index in [0.717, 1.165) is 16.0 Å². The summed E-state index contributed by atoms with van der Waals surface area (Å²) in [5, 5.41) is 12.5. The standard InChI is InChI=1S/C10H8BrClN4/c11-9-7(12)2-1-3-8(9)16-10(6-4-5-6)13-14-15-16/h1-3,6H,4-5H2. The van der Waals surface area contributed by atoms with E-state index in [0.29, 0.717) is 10.9 Å². The SMILES string of the molecule is Clc1cccc(-n2nnnc2C2CC2)c1Br. The summed E-state index contributed by atoms with van der Waals surface area (Å²) >= 11 is 9.51. The van der Waals surface area contributed by atoms with Gasteiger partial charge >= 0.3 is 0 Å². The summed E-state index contributed by atoms with van der Waals surface area (Å²) in [4.78, 5) is 0. The van der Waals surface area contributed by atoms with Crippen molar-refractivity contribution in [2.75, 3.05) is 0 Å². The molecule has 0 N–H and O–H groups in total. The van der Waals surface area contributed by atoms with Crippen molar-refractivity contribution in [3.8, 4) is 5.69 Å². The molecule has 1 saturated carbocycles. The van der Waals surface area contributed by atoms with Crippen LogP contribution in [0.25, 0.3) is 5.69 Å². The van der Waals surface area contributed by atoms with Gasteiger partial charge in [0.1, 0.15) is 0 Å². The molecule has 82 valence electrons. The maximum Gasteiger partial charge on any atom is 0.159 e. The zero-order valence-corrected chi connectivity index (χ0v) is 10.6. The molecule has 1 fully saturated rings. The molecule has 1 aromatic carbocycles. The highest BCUT2D eigenvalue weighted by Gasteiger charge is 2.30. The molecule has 1 aliphatic carbocycles. The van der Waals surface area contributed by atoms with Crippen LogP contribution in [0.1, 0.15) is 24.6 Å². The Bertz CT molecular complexity index is 535. The van der Waals surface area contributed by atoms with Crippen LogP contribution in [0.5, 0.6) is 0 Å². The van der Waals surface area contributed by atoms with Crippen LogP contribution in [-0.2, 0) is 0 Å². The Morgan fingerprint density at radius 2 is 2.19 bits per heavy atom. The van der Waals surface area contributed by atoms with E-state index in [4.69, 9.17) is 11.6 Å². The van der Waals surface area contributed by atoms with Gasteiger partial charge in [0.05, 0.1) is 15.2 Å². The van der Waals surface area contributed by atoms with Crippen molar-refractivity contribution in [1.82, 2.24) is 20.2 Å². The van der Waals surface area contributed by atoms with E-state index in [2.05, 4.69) is 31.5 Å². The monoisotopic (exact) mass is 298 g/mol. The van der Waals surface area contributed by atoms with E-state index < -0.39 is 0 Å². The Morgan fingerprint density at radius 1 is 1.38 bits per heavy atom. The lowest BCUT2D eigenvalue weighted by atomic mass is 10.3. The molecule has 0 atom stereocenters. The van der Waals surface area contributed by atoms with Gasteiger partial charge in [-0.05, 0) is 51.3 Å². The number of hydrogen-bond donors (Lipinski definition) is 0. The summed E-state index contributed by atoms with van der Waals surface area (Å²) in [7, 11) is 0. The number of hydrogen-bond acceptors (Lipinski definition) is 3. The van der Waals surface area contributed by atoms with Crippen LogP contribution in [0.15, 0.2) is 22.7 Å². The Morgan fingerprint density at radius 3 is 2.94 bits per heavy atom. The van der Waals surface area contributed by atoms with Crippen molar-refractivity contribution in [1.29, 1.82) is 0 Å². The van der Waals surface area contributed by atoms with Gasteiger partial charge in [-0.1, -0.05) is 17.7 Å². The fourth-order valence-corrected chi connectivity index (χ4v) is 2.22. The molecular formula is C10H8BrClN4. The van der Waals surface area contributed by atoms with Crippen LogP contribution in [0.2, 0.25) is 5.02 Å². The second-order valence-electron chi connectivity index (χ2n) is 3.80. The summed E-state index contributed by atoms with van der Waals surface area (Å²) in [6.45, 7) is 0. The summed E-state index contributed by atoms with van der Waals surface area (Å²) in [5.74, 6) is 1.42. The van der Waals surface area contributed by atoms with E-state index in [-0.39, 0.29) is 0 Å². The van der Waals surface area contributed by atoms with Crippen LogP contribution < -0.4 is 0 Å². The smallest absolute Gasteiger partial charge is 0.159 e. The number of nitrogens with zero attached hydrogens (tertiary/aromatic N) is 4.